The van der Waals surface area contributed by atoms with Crippen molar-refractivity contribution < 1.29 is 10.0 Å². The molecule has 0 aliphatic carbocycles. The van der Waals surface area contributed by atoms with Crippen molar-refractivity contribution in [2.75, 3.05) is 20.1 Å². The van der Waals surface area contributed by atoms with Crippen LogP contribution in [0.3, 0.4) is 0 Å². The first-order chi connectivity index (χ1) is 10.0. The standard InChI is InChI=1S/C15H24N4O2/c1-4-19(3)15(20)11(2)17-10-13(14(16)18-21)12-8-6-5-7-9-12/h5-9,11,13,17,21H,4,10H2,1-3H3,(H2,16,18). The van der Waals surface area contributed by atoms with E-state index in [2.05, 4.69) is 10.5 Å². The van der Waals surface area contributed by atoms with Gasteiger partial charge in [-0.15, -0.1) is 0 Å². The number of nitrogens with two attached hydrogens (primary N) is 1. The number of oxime groups is 1. The summed E-state index contributed by atoms with van der Waals surface area (Å²) in [6, 6.07) is 9.19. The SMILES string of the molecule is CCN(C)C(=O)C(C)NCC(/C(N)=N/O)c1ccccc1. The van der Waals surface area contributed by atoms with Crippen molar-refractivity contribution in [1.29, 1.82) is 0 Å². The molecule has 1 aromatic carbocycles. The second-order valence-electron chi connectivity index (χ2n) is 4.97. The van der Waals surface area contributed by atoms with Gasteiger partial charge < -0.3 is 21.2 Å². The maximum Gasteiger partial charge on any atom is 0.239 e. The molecule has 1 amide bonds. The Kier molecular flexibility index (Phi) is 6.68. The predicted molar refractivity (Wildman–Crippen MR) is 83.4 cm³/mol. The van der Waals surface area contributed by atoms with Gasteiger partial charge in [0, 0.05) is 20.1 Å². The molecule has 21 heavy (non-hydrogen) atoms. The van der Waals surface area contributed by atoms with Crippen LogP contribution in [-0.2, 0) is 4.79 Å². The second kappa shape index (κ2) is 8.26. The van der Waals surface area contributed by atoms with Crippen LogP contribution in [0.2, 0.25) is 0 Å². The Morgan fingerprint density at radius 1 is 1.43 bits per heavy atom. The molecule has 2 unspecified atom stereocenters. The first kappa shape index (κ1) is 17.0. The molecule has 0 aliphatic heterocycles. The van der Waals surface area contributed by atoms with Crippen molar-refractivity contribution in [1.82, 2.24) is 10.2 Å². The van der Waals surface area contributed by atoms with Gasteiger partial charge in [-0.05, 0) is 19.4 Å². The molecule has 1 aromatic rings. The van der Waals surface area contributed by atoms with Gasteiger partial charge in [0.15, 0.2) is 0 Å². The van der Waals surface area contributed by atoms with Gasteiger partial charge in [-0.1, -0.05) is 35.5 Å². The lowest BCUT2D eigenvalue weighted by Gasteiger charge is -2.23. The topological polar surface area (TPSA) is 91.0 Å². The Hall–Kier alpha value is -2.08. The fourth-order valence-corrected chi connectivity index (χ4v) is 2.02. The Morgan fingerprint density at radius 3 is 2.57 bits per heavy atom. The third-order valence-corrected chi connectivity index (χ3v) is 3.52. The van der Waals surface area contributed by atoms with E-state index in [1.807, 2.05) is 44.2 Å². The minimum Gasteiger partial charge on any atom is -0.409 e. The number of hydrogen-bond acceptors (Lipinski definition) is 4. The molecular formula is C15H24N4O2. The van der Waals surface area contributed by atoms with Crippen LogP contribution < -0.4 is 11.1 Å². The van der Waals surface area contributed by atoms with Crippen molar-refractivity contribution >= 4 is 11.7 Å². The van der Waals surface area contributed by atoms with Crippen LogP contribution in [0.15, 0.2) is 35.5 Å². The highest BCUT2D eigenvalue weighted by atomic mass is 16.4. The van der Waals surface area contributed by atoms with E-state index in [-0.39, 0.29) is 23.7 Å². The molecule has 0 radical (unpaired) electrons. The second-order valence-corrected chi connectivity index (χ2v) is 4.97. The van der Waals surface area contributed by atoms with Crippen LogP contribution in [0.1, 0.15) is 25.3 Å². The van der Waals surface area contributed by atoms with E-state index in [0.29, 0.717) is 13.1 Å². The number of amidine groups is 1. The van der Waals surface area contributed by atoms with Crippen LogP contribution >= 0.6 is 0 Å². The van der Waals surface area contributed by atoms with Crippen molar-refractivity contribution in [3.8, 4) is 0 Å². The summed E-state index contributed by atoms with van der Waals surface area (Å²) in [5.74, 6) is -0.139. The van der Waals surface area contributed by atoms with Crippen molar-refractivity contribution in [3.05, 3.63) is 35.9 Å². The highest BCUT2D eigenvalue weighted by Crippen LogP contribution is 2.15. The van der Waals surface area contributed by atoms with E-state index in [1.54, 1.807) is 11.9 Å². The van der Waals surface area contributed by atoms with E-state index in [4.69, 9.17) is 10.9 Å². The summed E-state index contributed by atoms with van der Waals surface area (Å²) in [6.07, 6.45) is 0. The van der Waals surface area contributed by atoms with Gasteiger partial charge in [-0.25, -0.2) is 0 Å². The summed E-state index contributed by atoms with van der Waals surface area (Å²) in [4.78, 5) is 13.7. The lowest BCUT2D eigenvalue weighted by Crippen LogP contribution is -2.45. The molecule has 0 fully saturated rings. The molecule has 116 valence electrons. The average molecular weight is 292 g/mol. The zero-order chi connectivity index (χ0) is 15.8. The molecule has 0 heterocycles. The normalized spacial score (nSPS) is 14.5. The number of hydrogen-bond donors (Lipinski definition) is 3. The average Bonchev–Trinajstić information content (AvgIpc) is 2.53. The molecule has 2 atom stereocenters. The van der Waals surface area contributed by atoms with Gasteiger partial charge in [-0.3, -0.25) is 4.79 Å². The summed E-state index contributed by atoms with van der Waals surface area (Å²) >= 11 is 0. The highest BCUT2D eigenvalue weighted by Gasteiger charge is 2.21. The zero-order valence-electron chi connectivity index (χ0n) is 12.8. The number of nitrogens with zero attached hydrogens (tertiary/aromatic N) is 2. The van der Waals surface area contributed by atoms with E-state index in [1.165, 1.54) is 0 Å². The number of nitrogens with one attached hydrogen (secondary N) is 1. The minimum atomic E-state index is -0.326. The largest absolute Gasteiger partial charge is 0.409 e. The first-order valence-corrected chi connectivity index (χ1v) is 7.02. The maximum absolute atomic E-state index is 12.0. The van der Waals surface area contributed by atoms with Crippen molar-refractivity contribution in [2.24, 2.45) is 10.9 Å². The van der Waals surface area contributed by atoms with Gasteiger partial charge in [0.05, 0.1) is 12.0 Å². The minimum absolute atomic E-state index is 0.0174. The van der Waals surface area contributed by atoms with Crippen molar-refractivity contribution in [3.63, 3.8) is 0 Å². The number of amides is 1. The monoisotopic (exact) mass is 292 g/mol. The molecule has 0 aromatic heterocycles. The number of rotatable bonds is 7. The van der Waals surface area contributed by atoms with Crippen LogP contribution in [0.4, 0.5) is 0 Å². The zero-order valence-corrected chi connectivity index (χ0v) is 12.8. The van der Waals surface area contributed by atoms with Gasteiger partial charge in [0.2, 0.25) is 5.91 Å². The quantitative estimate of drug-likeness (QED) is 0.302. The molecule has 6 heteroatoms. The molecule has 0 saturated carbocycles. The smallest absolute Gasteiger partial charge is 0.239 e. The highest BCUT2D eigenvalue weighted by molar-refractivity contribution is 5.87. The number of likely N-dealkylation sites (N-methyl/N-ethyl adjacent to an activating group) is 1. The van der Waals surface area contributed by atoms with Gasteiger partial charge in [0.1, 0.15) is 5.84 Å². The van der Waals surface area contributed by atoms with Crippen LogP contribution in [0.25, 0.3) is 0 Å². The Morgan fingerprint density at radius 2 is 2.05 bits per heavy atom. The summed E-state index contributed by atoms with van der Waals surface area (Å²) in [5.41, 5.74) is 6.70. The fraction of sp³-hybridized carbons (Fsp3) is 0.467. The first-order valence-electron chi connectivity index (χ1n) is 7.02. The molecule has 6 nitrogen and oxygen atoms in total. The molecule has 1 rings (SSSR count). The number of carbonyl (C=O) groups is 1. The third kappa shape index (κ3) is 4.75. The van der Waals surface area contributed by atoms with Crippen LogP contribution in [0.5, 0.6) is 0 Å². The fourth-order valence-electron chi connectivity index (χ4n) is 2.02. The Balaban J connectivity index is 2.74. The van der Waals surface area contributed by atoms with Gasteiger partial charge in [0.25, 0.3) is 0 Å². The summed E-state index contributed by atoms with van der Waals surface area (Å²) in [6.45, 7) is 4.81. The lowest BCUT2D eigenvalue weighted by molar-refractivity contribution is -0.131. The van der Waals surface area contributed by atoms with E-state index in [9.17, 15) is 4.79 Å². The maximum atomic E-state index is 12.0. The van der Waals surface area contributed by atoms with Crippen LogP contribution in [0, 0.1) is 0 Å². The summed E-state index contributed by atoms with van der Waals surface area (Å²) in [7, 11) is 1.76. The molecule has 0 spiro atoms. The Bertz CT molecular complexity index is 476. The molecule has 0 saturated heterocycles. The number of benzene rings is 1. The van der Waals surface area contributed by atoms with E-state index >= 15 is 0 Å². The number of carbonyl (C=O) groups excluding carboxylic acids is 1. The van der Waals surface area contributed by atoms with Gasteiger partial charge >= 0.3 is 0 Å². The molecule has 0 aliphatic rings. The molecule has 4 N–H and O–H groups in total. The van der Waals surface area contributed by atoms with E-state index in [0.717, 1.165) is 5.56 Å². The van der Waals surface area contributed by atoms with Crippen LogP contribution in [-0.4, -0.2) is 48.0 Å². The Labute approximate surface area is 125 Å². The third-order valence-electron chi connectivity index (χ3n) is 3.52. The predicted octanol–water partition coefficient (Wildman–Crippen LogP) is 0.973. The summed E-state index contributed by atoms with van der Waals surface area (Å²) < 4.78 is 0. The summed E-state index contributed by atoms with van der Waals surface area (Å²) in [5, 5.41) is 15.2. The van der Waals surface area contributed by atoms with Crippen molar-refractivity contribution in [2.45, 2.75) is 25.8 Å². The lowest BCUT2D eigenvalue weighted by atomic mass is 9.97. The molecular weight excluding hydrogens is 268 g/mol. The molecule has 0 bridgehead atoms. The van der Waals surface area contributed by atoms with E-state index < -0.39 is 0 Å². The van der Waals surface area contributed by atoms with Gasteiger partial charge in [-0.2, -0.15) is 0 Å².